The van der Waals surface area contributed by atoms with Gasteiger partial charge in [0.2, 0.25) is 15.9 Å². The number of amides is 2. The van der Waals surface area contributed by atoms with Crippen molar-refractivity contribution < 1.29 is 22.7 Å². The first kappa shape index (κ1) is 37.6. The molecule has 0 spiro atoms. The van der Waals surface area contributed by atoms with E-state index in [1.807, 2.05) is 53.7 Å². The van der Waals surface area contributed by atoms with Gasteiger partial charge in [-0.3, -0.25) is 4.79 Å². The van der Waals surface area contributed by atoms with E-state index < -0.39 is 33.2 Å². The van der Waals surface area contributed by atoms with Crippen LogP contribution in [0.25, 0.3) is 22.2 Å². The molecule has 11 heteroatoms. The highest BCUT2D eigenvalue weighted by Crippen LogP contribution is 2.29. The topological polar surface area (TPSA) is 156 Å². The molecule has 0 radical (unpaired) electrons. The van der Waals surface area contributed by atoms with Crippen LogP contribution in [0.2, 0.25) is 0 Å². The third kappa shape index (κ3) is 12.3. The van der Waals surface area contributed by atoms with Crippen LogP contribution in [-0.2, 0) is 26.0 Å². The van der Waals surface area contributed by atoms with Crippen molar-refractivity contribution in [3.05, 3.63) is 48.3 Å². The predicted octanol–water partition coefficient (Wildman–Crippen LogP) is 5.92. The van der Waals surface area contributed by atoms with E-state index in [1.54, 1.807) is 52.9 Å². The number of hydrogen-bond acceptors (Lipinski definition) is 6. The quantitative estimate of drug-likeness (QED) is 0.255. The molecule has 3 rings (SSSR count). The molecule has 0 bridgehead atoms. The molecule has 0 saturated carbocycles. The van der Waals surface area contributed by atoms with Gasteiger partial charge in [0.15, 0.2) is 0 Å². The molecule has 1 aromatic carbocycles. The number of nitrogens with zero attached hydrogens (tertiary/aromatic N) is 1. The Morgan fingerprint density at radius 3 is 2.02 bits per heavy atom. The second kappa shape index (κ2) is 16.7. The lowest BCUT2D eigenvalue weighted by molar-refractivity contribution is -0.117. The SMILES string of the molecule is CC.CC.CC.CC(C)(CNC(=O)OC(C)(C)C)NS(=O)(=O)c1ccc(-c2ccnc3[nH]c(CC(N)=O)cc23)cc1. The fourth-order valence-electron chi connectivity index (χ4n) is 3.50. The van der Waals surface area contributed by atoms with Gasteiger partial charge in [0.1, 0.15) is 11.2 Å². The number of primary amides is 1. The zero-order valence-electron chi connectivity index (χ0n) is 26.4. The standard InChI is InChI=1S/C24H31N5O5S.3C2H6/c1-23(2,3)34-22(31)27-14-24(4,5)29-35(32,33)17-8-6-15(7-9-17)18-10-11-26-21-19(18)12-16(28-21)13-20(25)30;3*1-2/h6-12,29H,13-14H2,1-5H3,(H2,25,30)(H,26,28)(H,27,31);3*1-2H3. The van der Waals surface area contributed by atoms with Crippen LogP contribution in [0.15, 0.2) is 47.5 Å². The van der Waals surface area contributed by atoms with Crippen molar-refractivity contribution in [2.75, 3.05) is 6.54 Å². The monoisotopic (exact) mass is 591 g/mol. The second-order valence-corrected chi connectivity index (χ2v) is 11.6. The van der Waals surface area contributed by atoms with E-state index in [4.69, 9.17) is 10.5 Å². The van der Waals surface area contributed by atoms with Gasteiger partial charge in [-0.15, -0.1) is 0 Å². The molecule has 0 saturated heterocycles. The second-order valence-electron chi connectivity index (χ2n) is 9.93. The molecule has 0 aliphatic heterocycles. The molecule has 0 aliphatic rings. The summed E-state index contributed by atoms with van der Waals surface area (Å²) in [7, 11) is -3.86. The highest BCUT2D eigenvalue weighted by Gasteiger charge is 2.28. The first-order valence-corrected chi connectivity index (χ1v) is 15.5. The number of sulfonamides is 1. The summed E-state index contributed by atoms with van der Waals surface area (Å²) in [6.45, 7) is 20.6. The molecule has 0 fully saturated rings. The number of nitrogens with one attached hydrogen (secondary N) is 3. The normalized spacial score (nSPS) is 11.1. The number of nitrogens with two attached hydrogens (primary N) is 1. The van der Waals surface area contributed by atoms with E-state index in [2.05, 4.69) is 20.0 Å². The van der Waals surface area contributed by atoms with Gasteiger partial charge in [-0.25, -0.2) is 22.9 Å². The molecule has 2 aromatic heterocycles. The molecule has 0 aliphatic carbocycles. The van der Waals surface area contributed by atoms with Crippen LogP contribution in [-0.4, -0.2) is 48.1 Å². The molecule has 3 aromatic rings. The zero-order chi connectivity index (χ0) is 32.0. The zero-order valence-corrected chi connectivity index (χ0v) is 27.2. The lowest BCUT2D eigenvalue weighted by atomic mass is 10.0. The molecule has 0 atom stereocenters. The van der Waals surface area contributed by atoms with Crippen LogP contribution in [0, 0.1) is 0 Å². The number of alkyl carbamates (subject to hydrolysis) is 1. The summed E-state index contributed by atoms with van der Waals surface area (Å²) < 4.78 is 33.8. The highest BCUT2D eigenvalue weighted by atomic mass is 32.2. The number of aromatic amines is 1. The molecule has 2 amide bonds. The van der Waals surface area contributed by atoms with Gasteiger partial charge in [0.05, 0.1) is 11.3 Å². The van der Waals surface area contributed by atoms with Crippen LogP contribution in [0.1, 0.15) is 81.9 Å². The number of benzene rings is 1. The molecule has 41 heavy (non-hydrogen) atoms. The Labute approximate surface area is 245 Å². The van der Waals surface area contributed by atoms with Crippen LogP contribution in [0.5, 0.6) is 0 Å². The maximum atomic E-state index is 13.0. The van der Waals surface area contributed by atoms with Gasteiger partial charge in [-0.2, -0.15) is 0 Å². The number of rotatable bonds is 8. The third-order valence-corrected chi connectivity index (χ3v) is 6.63. The predicted molar refractivity (Wildman–Crippen MR) is 167 cm³/mol. The van der Waals surface area contributed by atoms with Crippen molar-refractivity contribution in [1.82, 2.24) is 20.0 Å². The van der Waals surface area contributed by atoms with Crippen molar-refractivity contribution >= 4 is 33.1 Å². The van der Waals surface area contributed by atoms with Crippen LogP contribution in [0.3, 0.4) is 0 Å². The number of H-pyrrole nitrogens is 1. The van der Waals surface area contributed by atoms with E-state index in [1.165, 1.54) is 12.1 Å². The summed E-state index contributed by atoms with van der Waals surface area (Å²) in [4.78, 5) is 30.6. The number of pyridine rings is 1. The maximum absolute atomic E-state index is 13.0. The van der Waals surface area contributed by atoms with E-state index in [-0.39, 0.29) is 17.9 Å². The number of carbonyl (C=O) groups is 2. The summed E-state index contributed by atoms with van der Waals surface area (Å²) in [6.07, 6.45) is 1.08. The first-order chi connectivity index (χ1) is 19.2. The average Bonchev–Trinajstić information content (AvgIpc) is 3.31. The Bertz CT molecular complexity index is 1340. The Kier molecular flexibility index (Phi) is 15.3. The average molecular weight is 592 g/mol. The van der Waals surface area contributed by atoms with Crippen molar-refractivity contribution in [1.29, 1.82) is 0 Å². The number of hydrogen-bond donors (Lipinski definition) is 4. The van der Waals surface area contributed by atoms with Crippen LogP contribution < -0.4 is 15.8 Å². The summed E-state index contributed by atoms with van der Waals surface area (Å²) in [5, 5.41) is 3.39. The van der Waals surface area contributed by atoms with Crippen molar-refractivity contribution in [3.8, 4) is 11.1 Å². The minimum atomic E-state index is -3.86. The fourth-order valence-corrected chi connectivity index (χ4v) is 4.91. The van der Waals surface area contributed by atoms with Gasteiger partial charge in [-0.1, -0.05) is 53.7 Å². The van der Waals surface area contributed by atoms with Gasteiger partial charge >= 0.3 is 6.09 Å². The van der Waals surface area contributed by atoms with Gasteiger partial charge in [0, 0.05) is 29.4 Å². The summed E-state index contributed by atoms with van der Waals surface area (Å²) in [5.41, 5.74) is 6.54. The minimum absolute atomic E-state index is 0.0371. The number of fused-ring (bicyclic) bond motifs is 1. The van der Waals surface area contributed by atoms with Crippen LogP contribution in [0.4, 0.5) is 4.79 Å². The fraction of sp³-hybridized carbons (Fsp3) is 0.500. The Morgan fingerprint density at radius 1 is 0.951 bits per heavy atom. The molecule has 2 heterocycles. The van der Waals surface area contributed by atoms with Gasteiger partial charge in [0.25, 0.3) is 0 Å². The van der Waals surface area contributed by atoms with E-state index in [9.17, 15) is 18.0 Å². The summed E-state index contributed by atoms with van der Waals surface area (Å²) >= 11 is 0. The third-order valence-electron chi connectivity index (χ3n) is 4.91. The molecule has 10 nitrogen and oxygen atoms in total. The Balaban J connectivity index is 0.00000250. The summed E-state index contributed by atoms with van der Waals surface area (Å²) in [6, 6.07) is 10.1. The Hall–Kier alpha value is -3.44. The Morgan fingerprint density at radius 2 is 1.51 bits per heavy atom. The van der Waals surface area contributed by atoms with E-state index >= 15 is 0 Å². The lowest BCUT2D eigenvalue weighted by Gasteiger charge is -2.27. The first-order valence-electron chi connectivity index (χ1n) is 14.0. The molecular weight excluding hydrogens is 542 g/mol. The number of aromatic nitrogens is 2. The van der Waals surface area contributed by atoms with Crippen molar-refractivity contribution in [2.45, 2.75) is 98.6 Å². The molecule has 0 unspecified atom stereocenters. The van der Waals surface area contributed by atoms with Crippen LogP contribution >= 0.6 is 0 Å². The molecule has 5 N–H and O–H groups in total. The van der Waals surface area contributed by atoms with E-state index in [0.29, 0.717) is 11.3 Å². The largest absolute Gasteiger partial charge is 0.444 e. The highest BCUT2D eigenvalue weighted by molar-refractivity contribution is 7.89. The van der Waals surface area contributed by atoms with Gasteiger partial charge < -0.3 is 20.8 Å². The van der Waals surface area contributed by atoms with Gasteiger partial charge in [-0.05, 0) is 70.0 Å². The maximum Gasteiger partial charge on any atom is 0.407 e. The minimum Gasteiger partial charge on any atom is -0.444 e. The van der Waals surface area contributed by atoms with E-state index in [0.717, 1.165) is 16.5 Å². The van der Waals surface area contributed by atoms with Crippen molar-refractivity contribution in [2.24, 2.45) is 5.73 Å². The number of carbonyl (C=O) groups excluding carboxylic acids is 2. The van der Waals surface area contributed by atoms with Crippen molar-refractivity contribution in [3.63, 3.8) is 0 Å². The molecule has 230 valence electrons. The number of ether oxygens (including phenoxy) is 1. The smallest absolute Gasteiger partial charge is 0.407 e. The molecular formula is C30H49N5O5S. The summed E-state index contributed by atoms with van der Waals surface area (Å²) in [5.74, 6) is -0.454. The lowest BCUT2D eigenvalue weighted by Crippen LogP contribution is -2.51.